The van der Waals surface area contributed by atoms with Gasteiger partial charge >= 0.3 is 0 Å². The molecule has 0 spiro atoms. The van der Waals surface area contributed by atoms with Crippen LogP contribution in [0, 0.1) is 0 Å². The molecule has 0 saturated heterocycles. The molecule has 0 radical (unpaired) electrons. The first kappa shape index (κ1) is 10.2. The Balaban J connectivity index is 2.14. The topological polar surface area (TPSA) is 29.5 Å². The number of ether oxygens (including phenoxy) is 1. The lowest BCUT2D eigenvalue weighted by atomic mass is 9.86. The van der Waals surface area contributed by atoms with Gasteiger partial charge in [-0.25, -0.2) is 0 Å². The van der Waals surface area contributed by atoms with Gasteiger partial charge in [0.25, 0.3) is 0 Å². The molecule has 2 heteroatoms. The Morgan fingerprint density at radius 2 is 2.13 bits per heavy atom. The van der Waals surface area contributed by atoms with Crippen molar-refractivity contribution in [3.05, 3.63) is 48.2 Å². The summed E-state index contributed by atoms with van der Waals surface area (Å²) in [5.74, 6) is 0. The molecule has 2 atom stereocenters. The molecule has 1 aromatic carbocycles. The van der Waals surface area contributed by atoms with Crippen molar-refractivity contribution in [3.63, 3.8) is 0 Å². The molecule has 0 aromatic heterocycles. The molecule has 80 valence electrons. The summed E-state index contributed by atoms with van der Waals surface area (Å²) in [6.45, 7) is 1.91. The minimum absolute atomic E-state index is 0.150. The molecule has 0 unspecified atom stereocenters. The average Bonchev–Trinajstić information content (AvgIpc) is 2.24. The van der Waals surface area contributed by atoms with Gasteiger partial charge in [0.15, 0.2) is 0 Å². The number of rotatable bonds is 2. The average molecular weight is 204 g/mol. The van der Waals surface area contributed by atoms with Crippen molar-refractivity contribution in [2.45, 2.75) is 31.5 Å². The van der Waals surface area contributed by atoms with E-state index < -0.39 is 5.60 Å². The van der Waals surface area contributed by atoms with Gasteiger partial charge in [0, 0.05) is 12.8 Å². The van der Waals surface area contributed by atoms with Crippen molar-refractivity contribution < 1.29 is 9.84 Å². The molecule has 15 heavy (non-hydrogen) atoms. The van der Waals surface area contributed by atoms with Crippen LogP contribution in [-0.4, -0.2) is 16.8 Å². The maximum atomic E-state index is 10.4. The largest absolute Gasteiger partial charge is 0.496 e. The van der Waals surface area contributed by atoms with Crippen LogP contribution in [0.4, 0.5) is 0 Å². The monoisotopic (exact) mass is 204 g/mol. The van der Waals surface area contributed by atoms with Gasteiger partial charge in [-0.1, -0.05) is 30.3 Å². The third-order valence-corrected chi connectivity index (χ3v) is 2.96. The Labute approximate surface area is 90.2 Å². The maximum Gasteiger partial charge on any atom is 0.124 e. The van der Waals surface area contributed by atoms with Gasteiger partial charge < -0.3 is 9.84 Å². The Morgan fingerprint density at radius 3 is 2.80 bits per heavy atom. The van der Waals surface area contributed by atoms with Crippen LogP contribution in [0.5, 0.6) is 0 Å². The fourth-order valence-electron chi connectivity index (χ4n) is 1.88. The molecule has 0 aliphatic carbocycles. The van der Waals surface area contributed by atoms with Gasteiger partial charge in [0.1, 0.15) is 11.7 Å². The van der Waals surface area contributed by atoms with Crippen molar-refractivity contribution in [2.24, 2.45) is 0 Å². The van der Waals surface area contributed by atoms with Crippen molar-refractivity contribution in [3.8, 4) is 0 Å². The lowest BCUT2D eigenvalue weighted by Gasteiger charge is -2.35. The van der Waals surface area contributed by atoms with E-state index in [0.717, 1.165) is 5.56 Å². The van der Waals surface area contributed by atoms with Crippen LogP contribution in [-0.2, 0) is 11.2 Å². The highest BCUT2D eigenvalue weighted by atomic mass is 16.5. The zero-order valence-corrected chi connectivity index (χ0v) is 8.89. The molecule has 0 bridgehead atoms. The molecule has 1 N–H and O–H groups in total. The second-order valence-electron chi connectivity index (χ2n) is 4.12. The molecule has 0 amide bonds. The van der Waals surface area contributed by atoms with Crippen molar-refractivity contribution in [1.29, 1.82) is 0 Å². The molecule has 1 aliphatic heterocycles. The van der Waals surface area contributed by atoms with E-state index in [0.29, 0.717) is 12.8 Å². The third-order valence-electron chi connectivity index (χ3n) is 2.96. The van der Waals surface area contributed by atoms with E-state index in [1.54, 1.807) is 6.26 Å². The minimum Gasteiger partial charge on any atom is -0.496 e. The zero-order valence-electron chi connectivity index (χ0n) is 8.89. The second kappa shape index (κ2) is 4.07. The first-order chi connectivity index (χ1) is 7.21. The summed E-state index contributed by atoms with van der Waals surface area (Å²) in [7, 11) is 0. The molecule has 0 fully saturated rings. The van der Waals surface area contributed by atoms with Crippen molar-refractivity contribution in [1.82, 2.24) is 0 Å². The first-order valence-corrected chi connectivity index (χ1v) is 5.27. The third kappa shape index (κ3) is 2.21. The number of hydrogen-bond acceptors (Lipinski definition) is 2. The number of hydrogen-bond donors (Lipinski definition) is 1. The molecule has 0 saturated carbocycles. The summed E-state index contributed by atoms with van der Waals surface area (Å²) in [4.78, 5) is 0. The van der Waals surface area contributed by atoms with Crippen LogP contribution in [0.25, 0.3) is 0 Å². The Kier molecular flexibility index (Phi) is 2.78. The maximum absolute atomic E-state index is 10.4. The van der Waals surface area contributed by atoms with E-state index in [1.165, 1.54) is 0 Å². The highest BCUT2D eigenvalue weighted by Crippen LogP contribution is 2.27. The van der Waals surface area contributed by atoms with Crippen LogP contribution in [0.1, 0.15) is 18.9 Å². The summed E-state index contributed by atoms with van der Waals surface area (Å²) < 4.78 is 5.34. The van der Waals surface area contributed by atoms with Gasteiger partial charge in [0.2, 0.25) is 0 Å². The lowest BCUT2D eigenvalue weighted by molar-refractivity contribution is -0.0795. The van der Waals surface area contributed by atoms with Crippen LogP contribution in [0.15, 0.2) is 42.7 Å². The number of benzene rings is 1. The summed E-state index contributed by atoms with van der Waals surface area (Å²) in [6, 6.07) is 10.0. The molecule has 2 rings (SSSR count). The normalized spacial score (nSPS) is 29.9. The van der Waals surface area contributed by atoms with Crippen LogP contribution in [0.2, 0.25) is 0 Å². The standard InChI is InChI=1S/C13H16O2/c1-11-13(14,8-5-9-15-11)10-12-6-3-2-4-7-12/h2-7,9,11,14H,8,10H2,1H3/t11-,13-/m0/s1. The van der Waals surface area contributed by atoms with Gasteiger partial charge in [-0.2, -0.15) is 0 Å². The van der Waals surface area contributed by atoms with Crippen LogP contribution < -0.4 is 0 Å². The molecule has 1 heterocycles. The first-order valence-electron chi connectivity index (χ1n) is 5.27. The van der Waals surface area contributed by atoms with E-state index in [9.17, 15) is 5.11 Å². The Hall–Kier alpha value is -1.28. The molecule has 1 aliphatic rings. The summed E-state index contributed by atoms with van der Waals surface area (Å²) in [5, 5.41) is 10.4. The van der Waals surface area contributed by atoms with E-state index >= 15 is 0 Å². The quantitative estimate of drug-likeness (QED) is 0.800. The zero-order chi connectivity index (χ0) is 10.7. The fraction of sp³-hybridized carbons (Fsp3) is 0.385. The molecule has 2 nitrogen and oxygen atoms in total. The number of aliphatic hydroxyl groups is 1. The fourth-order valence-corrected chi connectivity index (χ4v) is 1.88. The Bertz CT molecular complexity index is 345. The summed E-state index contributed by atoms with van der Waals surface area (Å²) in [5.41, 5.74) is 0.376. The lowest BCUT2D eigenvalue weighted by Crippen LogP contribution is -2.44. The van der Waals surface area contributed by atoms with Crippen molar-refractivity contribution in [2.75, 3.05) is 0 Å². The smallest absolute Gasteiger partial charge is 0.124 e. The van der Waals surface area contributed by atoms with Gasteiger partial charge in [-0.3, -0.25) is 0 Å². The Morgan fingerprint density at radius 1 is 1.40 bits per heavy atom. The van der Waals surface area contributed by atoms with Gasteiger partial charge in [-0.05, 0) is 18.6 Å². The molecule has 1 aromatic rings. The van der Waals surface area contributed by atoms with E-state index in [1.807, 2.05) is 43.3 Å². The van der Waals surface area contributed by atoms with E-state index in [2.05, 4.69) is 0 Å². The van der Waals surface area contributed by atoms with Gasteiger partial charge in [-0.15, -0.1) is 0 Å². The van der Waals surface area contributed by atoms with Gasteiger partial charge in [0.05, 0.1) is 6.26 Å². The van der Waals surface area contributed by atoms with Crippen LogP contribution in [0.3, 0.4) is 0 Å². The predicted octanol–water partition coefficient (Wildman–Crippen LogP) is 2.28. The van der Waals surface area contributed by atoms with E-state index in [4.69, 9.17) is 4.74 Å². The summed E-state index contributed by atoms with van der Waals surface area (Å²) in [6.07, 6.45) is 4.69. The summed E-state index contributed by atoms with van der Waals surface area (Å²) >= 11 is 0. The predicted molar refractivity (Wildman–Crippen MR) is 59.4 cm³/mol. The van der Waals surface area contributed by atoms with Crippen LogP contribution >= 0.6 is 0 Å². The van der Waals surface area contributed by atoms with Crippen molar-refractivity contribution >= 4 is 0 Å². The molecular formula is C13H16O2. The van der Waals surface area contributed by atoms with E-state index in [-0.39, 0.29) is 6.10 Å². The highest BCUT2D eigenvalue weighted by Gasteiger charge is 2.35. The molecular weight excluding hydrogens is 188 g/mol. The second-order valence-corrected chi connectivity index (χ2v) is 4.12. The SMILES string of the molecule is C[C@@H]1OC=CC[C@]1(O)Cc1ccccc1. The minimum atomic E-state index is -0.768. The highest BCUT2D eigenvalue weighted by molar-refractivity contribution is 5.18.